The number of urea groups is 1. The van der Waals surface area contributed by atoms with Crippen molar-refractivity contribution < 1.29 is 4.79 Å². The van der Waals surface area contributed by atoms with Crippen molar-refractivity contribution in [2.45, 2.75) is 38.1 Å². The topological polar surface area (TPSA) is 41.1 Å². The smallest absolute Gasteiger partial charge is 0.319 e. The zero-order chi connectivity index (χ0) is 15.3. The van der Waals surface area contributed by atoms with Crippen LogP contribution in [0, 0.1) is 23.7 Å². The van der Waals surface area contributed by atoms with E-state index in [-0.39, 0.29) is 6.03 Å². The first kappa shape index (κ1) is 15.0. The summed E-state index contributed by atoms with van der Waals surface area (Å²) in [5, 5.41) is 6.25. The Morgan fingerprint density at radius 1 is 1.00 bits per heavy atom. The molecule has 0 atom stereocenters. The summed E-state index contributed by atoms with van der Waals surface area (Å²) in [4.78, 5) is 12.4. The Hall–Kier alpha value is -0.550. The Labute approximate surface area is 147 Å². The molecule has 0 aromatic heterocycles. The average molecular weight is 428 g/mol. The first-order valence-corrected chi connectivity index (χ1v) is 9.69. The first-order valence-electron chi connectivity index (χ1n) is 8.11. The van der Waals surface area contributed by atoms with Gasteiger partial charge in [-0.2, -0.15) is 0 Å². The lowest BCUT2D eigenvalue weighted by atomic mass is 9.54. The van der Waals surface area contributed by atoms with Gasteiger partial charge >= 0.3 is 6.03 Å². The number of anilines is 1. The highest BCUT2D eigenvalue weighted by atomic mass is 79.9. The lowest BCUT2D eigenvalue weighted by Gasteiger charge is -2.54. The SMILES string of the molecule is O=C(Nc1ccc(Br)cc1Br)NC1C2CC3CC(C2)CC1C3. The maximum Gasteiger partial charge on any atom is 0.319 e. The van der Waals surface area contributed by atoms with Crippen LogP contribution in [0.3, 0.4) is 0 Å². The fraction of sp³-hybridized carbons (Fsp3) is 0.588. The van der Waals surface area contributed by atoms with Crippen LogP contribution < -0.4 is 10.6 Å². The number of amides is 2. The van der Waals surface area contributed by atoms with Crippen LogP contribution >= 0.6 is 31.9 Å². The molecule has 0 aliphatic heterocycles. The number of carbonyl (C=O) groups excluding carboxylic acids is 1. The summed E-state index contributed by atoms with van der Waals surface area (Å²) in [5.74, 6) is 3.28. The maximum atomic E-state index is 12.4. The third-order valence-electron chi connectivity index (χ3n) is 5.70. The second kappa shape index (κ2) is 5.82. The van der Waals surface area contributed by atoms with E-state index in [1.54, 1.807) is 0 Å². The standard InChI is InChI=1S/C17H20Br2N2O/c18-13-1-2-15(14(19)8-13)20-17(22)21-16-11-4-9-3-10(6-11)7-12(16)5-9/h1-2,8-12,16H,3-7H2,(H2,20,21,22). The van der Waals surface area contributed by atoms with Gasteiger partial charge in [-0.05, 0) is 89.9 Å². The van der Waals surface area contributed by atoms with E-state index < -0.39 is 0 Å². The highest BCUT2D eigenvalue weighted by Crippen LogP contribution is 2.53. The van der Waals surface area contributed by atoms with Crippen molar-refractivity contribution in [1.82, 2.24) is 5.32 Å². The zero-order valence-electron chi connectivity index (χ0n) is 12.3. The van der Waals surface area contributed by atoms with Gasteiger partial charge in [0.1, 0.15) is 0 Å². The fourth-order valence-corrected chi connectivity index (χ4v) is 6.21. The van der Waals surface area contributed by atoms with Gasteiger partial charge in [0.25, 0.3) is 0 Å². The molecule has 5 rings (SSSR count). The van der Waals surface area contributed by atoms with Gasteiger partial charge in [0.2, 0.25) is 0 Å². The zero-order valence-corrected chi connectivity index (χ0v) is 15.5. The largest absolute Gasteiger partial charge is 0.335 e. The minimum atomic E-state index is -0.0690. The van der Waals surface area contributed by atoms with Gasteiger partial charge in [-0.25, -0.2) is 4.79 Å². The Balaban J connectivity index is 1.42. The first-order chi connectivity index (χ1) is 10.6. The van der Waals surface area contributed by atoms with Gasteiger partial charge in [-0.3, -0.25) is 0 Å². The molecule has 0 spiro atoms. The summed E-state index contributed by atoms with van der Waals surface area (Å²) < 4.78 is 1.88. The summed E-state index contributed by atoms with van der Waals surface area (Å²) in [7, 11) is 0. The Morgan fingerprint density at radius 2 is 1.64 bits per heavy atom. The molecule has 1 aromatic carbocycles. The molecule has 0 saturated heterocycles. The Bertz CT molecular complexity index is 576. The van der Waals surface area contributed by atoms with Crippen molar-refractivity contribution >= 4 is 43.6 Å². The normalized spacial score (nSPS) is 35.5. The molecule has 0 unspecified atom stereocenters. The van der Waals surface area contributed by atoms with Gasteiger partial charge in [0.15, 0.2) is 0 Å². The maximum absolute atomic E-state index is 12.4. The molecule has 4 aliphatic carbocycles. The number of benzene rings is 1. The van der Waals surface area contributed by atoms with Crippen molar-refractivity contribution in [3.05, 3.63) is 27.1 Å². The van der Waals surface area contributed by atoms with Crippen molar-refractivity contribution in [3.63, 3.8) is 0 Å². The van der Waals surface area contributed by atoms with Crippen LogP contribution in [0.1, 0.15) is 32.1 Å². The predicted octanol–water partition coefficient (Wildman–Crippen LogP) is 5.16. The minimum absolute atomic E-state index is 0.0690. The molecule has 3 nitrogen and oxygen atoms in total. The quantitative estimate of drug-likeness (QED) is 0.672. The molecule has 4 aliphatic rings. The third kappa shape index (κ3) is 2.82. The summed E-state index contributed by atoms with van der Waals surface area (Å²) in [6.45, 7) is 0. The summed E-state index contributed by atoms with van der Waals surface area (Å²) in [5.41, 5.74) is 0.810. The summed E-state index contributed by atoms with van der Waals surface area (Å²) in [6, 6.07) is 6.09. The number of halogens is 2. The van der Waals surface area contributed by atoms with E-state index in [0.29, 0.717) is 17.9 Å². The van der Waals surface area contributed by atoms with Crippen LogP contribution in [0.4, 0.5) is 10.5 Å². The molecule has 2 N–H and O–H groups in total. The lowest BCUT2D eigenvalue weighted by molar-refractivity contribution is -0.00883. The van der Waals surface area contributed by atoms with Crippen LogP contribution in [0.5, 0.6) is 0 Å². The number of rotatable bonds is 2. The van der Waals surface area contributed by atoms with Gasteiger partial charge in [0.05, 0.1) is 5.69 Å². The molecule has 118 valence electrons. The lowest BCUT2D eigenvalue weighted by Crippen LogP contribution is -2.56. The number of hydrogen-bond donors (Lipinski definition) is 2. The predicted molar refractivity (Wildman–Crippen MR) is 94.8 cm³/mol. The third-order valence-corrected chi connectivity index (χ3v) is 6.85. The molecule has 5 heteroatoms. The van der Waals surface area contributed by atoms with Crippen molar-refractivity contribution in [2.75, 3.05) is 5.32 Å². The molecule has 0 radical (unpaired) electrons. The van der Waals surface area contributed by atoms with E-state index in [1.165, 1.54) is 32.1 Å². The molecular weight excluding hydrogens is 408 g/mol. The van der Waals surface area contributed by atoms with Gasteiger partial charge in [-0.1, -0.05) is 15.9 Å². The average Bonchev–Trinajstić information content (AvgIpc) is 2.45. The van der Waals surface area contributed by atoms with E-state index in [2.05, 4.69) is 42.5 Å². The van der Waals surface area contributed by atoms with Crippen molar-refractivity contribution in [2.24, 2.45) is 23.7 Å². The van der Waals surface area contributed by atoms with Crippen LogP contribution in [0.2, 0.25) is 0 Å². The summed E-state index contributed by atoms with van der Waals surface area (Å²) in [6.07, 6.45) is 6.72. The summed E-state index contributed by atoms with van der Waals surface area (Å²) >= 11 is 6.92. The second-order valence-electron chi connectivity index (χ2n) is 7.18. The van der Waals surface area contributed by atoms with Gasteiger partial charge in [0, 0.05) is 15.0 Å². The number of carbonyl (C=O) groups is 1. The minimum Gasteiger partial charge on any atom is -0.335 e. The molecule has 22 heavy (non-hydrogen) atoms. The van der Waals surface area contributed by atoms with E-state index >= 15 is 0 Å². The van der Waals surface area contributed by atoms with Crippen molar-refractivity contribution in [1.29, 1.82) is 0 Å². The highest BCUT2D eigenvalue weighted by Gasteiger charge is 2.48. The molecule has 4 fully saturated rings. The number of hydrogen-bond acceptors (Lipinski definition) is 1. The Kier molecular flexibility index (Phi) is 3.97. The molecule has 4 bridgehead atoms. The molecule has 4 saturated carbocycles. The number of nitrogens with one attached hydrogen (secondary N) is 2. The second-order valence-corrected chi connectivity index (χ2v) is 8.95. The molecule has 0 heterocycles. The molecule has 1 aromatic rings. The van der Waals surface area contributed by atoms with Crippen LogP contribution in [0.25, 0.3) is 0 Å². The van der Waals surface area contributed by atoms with Gasteiger partial charge < -0.3 is 10.6 Å². The van der Waals surface area contributed by atoms with Crippen molar-refractivity contribution in [3.8, 4) is 0 Å². The van der Waals surface area contributed by atoms with E-state index in [1.807, 2.05) is 18.2 Å². The van der Waals surface area contributed by atoms with E-state index in [9.17, 15) is 4.79 Å². The monoisotopic (exact) mass is 426 g/mol. The van der Waals surface area contributed by atoms with Gasteiger partial charge in [-0.15, -0.1) is 0 Å². The molecular formula is C17H20Br2N2O. The van der Waals surface area contributed by atoms with Crippen LogP contribution in [-0.4, -0.2) is 12.1 Å². The van der Waals surface area contributed by atoms with E-state index in [0.717, 1.165) is 26.5 Å². The van der Waals surface area contributed by atoms with E-state index in [4.69, 9.17) is 0 Å². The highest BCUT2D eigenvalue weighted by molar-refractivity contribution is 9.11. The van der Waals surface area contributed by atoms with Crippen LogP contribution in [0.15, 0.2) is 27.1 Å². The fourth-order valence-electron chi connectivity index (χ4n) is 5.06. The van der Waals surface area contributed by atoms with Crippen LogP contribution in [-0.2, 0) is 0 Å². The Morgan fingerprint density at radius 3 is 2.23 bits per heavy atom. The molecule has 2 amide bonds.